The molecule has 2 unspecified atom stereocenters. The summed E-state index contributed by atoms with van der Waals surface area (Å²) in [5.41, 5.74) is -2.71. The number of hydrogen-bond donors (Lipinski definition) is 3. The molecule has 9 nitrogen and oxygen atoms in total. The van der Waals surface area contributed by atoms with Gasteiger partial charge in [-0.2, -0.15) is 13.2 Å². The van der Waals surface area contributed by atoms with E-state index in [-0.39, 0.29) is 51.7 Å². The van der Waals surface area contributed by atoms with Crippen LogP contribution >= 0.6 is 11.3 Å². The van der Waals surface area contributed by atoms with Gasteiger partial charge in [0.05, 0.1) is 22.5 Å². The van der Waals surface area contributed by atoms with E-state index in [0.29, 0.717) is 25.4 Å². The molecule has 5 rings (SSSR count). The molecule has 1 aliphatic heterocycles. The van der Waals surface area contributed by atoms with E-state index in [4.69, 9.17) is 0 Å². The number of amides is 2. The van der Waals surface area contributed by atoms with Crippen LogP contribution in [0.3, 0.4) is 0 Å². The number of benzene rings is 1. The minimum absolute atomic E-state index is 0.0153. The van der Waals surface area contributed by atoms with Crippen LogP contribution < -0.4 is 21.1 Å². The number of alkyl halides is 3. The van der Waals surface area contributed by atoms with E-state index < -0.39 is 34.6 Å². The Morgan fingerprint density at radius 3 is 2.39 bits per heavy atom. The van der Waals surface area contributed by atoms with E-state index in [0.717, 1.165) is 43.4 Å². The monoisotopic (exact) mass is 634 g/mol. The maximum atomic E-state index is 15.8. The second kappa shape index (κ2) is 12.7. The molecule has 2 aliphatic rings. The molecule has 3 N–H and O–H groups in total. The van der Waals surface area contributed by atoms with Crippen molar-refractivity contribution in [1.82, 2.24) is 20.2 Å². The van der Waals surface area contributed by atoms with Gasteiger partial charge in [-0.3, -0.25) is 19.3 Å². The molecule has 0 spiro atoms. The van der Waals surface area contributed by atoms with Crippen LogP contribution in [0.2, 0.25) is 0 Å². The molecular formula is C30H34F4N6O3S. The van der Waals surface area contributed by atoms with Gasteiger partial charge in [-0.05, 0) is 39.8 Å². The predicted octanol–water partition coefficient (Wildman–Crippen LogP) is 5.50. The van der Waals surface area contributed by atoms with Crippen molar-refractivity contribution in [2.75, 3.05) is 30.4 Å². The Morgan fingerprint density at radius 1 is 1.05 bits per heavy atom. The molecular weight excluding hydrogens is 600 g/mol. The summed E-state index contributed by atoms with van der Waals surface area (Å²) in [6.45, 7) is 4.93. The van der Waals surface area contributed by atoms with Crippen molar-refractivity contribution in [3.63, 3.8) is 0 Å². The minimum atomic E-state index is -4.96. The van der Waals surface area contributed by atoms with Crippen LogP contribution in [0.5, 0.6) is 0 Å². The van der Waals surface area contributed by atoms with Gasteiger partial charge >= 0.3 is 6.18 Å². The summed E-state index contributed by atoms with van der Waals surface area (Å²) in [4.78, 5) is 48.3. The van der Waals surface area contributed by atoms with Crippen LogP contribution in [0.4, 0.5) is 28.9 Å². The second-order valence-electron chi connectivity index (χ2n) is 11.5. The number of piperazine rings is 1. The third kappa shape index (κ3) is 6.80. The zero-order chi connectivity index (χ0) is 31.8. The molecule has 3 heterocycles. The Labute approximate surface area is 255 Å². The summed E-state index contributed by atoms with van der Waals surface area (Å²) in [5.74, 6) is -2.15. The summed E-state index contributed by atoms with van der Waals surface area (Å²) < 4.78 is 57.0. The maximum absolute atomic E-state index is 15.8. The number of hydrogen-bond acceptors (Lipinski definition) is 7. The minimum Gasteiger partial charge on any atom is -0.367 e. The van der Waals surface area contributed by atoms with E-state index in [2.05, 4.69) is 25.5 Å². The second-order valence-corrected chi connectivity index (χ2v) is 12.4. The first-order valence-electron chi connectivity index (χ1n) is 14.5. The van der Waals surface area contributed by atoms with Crippen LogP contribution in [0.15, 0.2) is 34.6 Å². The molecule has 236 valence electrons. The first-order valence-corrected chi connectivity index (χ1v) is 15.4. The van der Waals surface area contributed by atoms with Crippen LogP contribution in [-0.2, 0) is 6.18 Å². The lowest BCUT2D eigenvalue weighted by Crippen LogP contribution is -2.55. The third-order valence-electron chi connectivity index (χ3n) is 8.42. The number of nitrogens with one attached hydrogen (secondary N) is 3. The molecule has 3 aromatic rings. The van der Waals surface area contributed by atoms with Gasteiger partial charge < -0.3 is 20.5 Å². The Morgan fingerprint density at radius 2 is 1.73 bits per heavy atom. The highest BCUT2D eigenvalue weighted by Gasteiger charge is 2.36. The molecule has 0 bridgehead atoms. The first-order chi connectivity index (χ1) is 20.8. The number of halogens is 4. The maximum Gasteiger partial charge on any atom is 0.417 e. The molecule has 1 aliphatic carbocycles. The van der Waals surface area contributed by atoms with E-state index in [9.17, 15) is 27.6 Å². The molecule has 44 heavy (non-hydrogen) atoms. The topological polar surface area (TPSA) is 110 Å². The molecule has 2 atom stereocenters. The van der Waals surface area contributed by atoms with Crippen molar-refractivity contribution in [2.24, 2.45) is 0 Å². The predicted molar refractivity (Wildman–Crippen MR) is 161 cm³/mol. The number of anilines is 2. The SMILES string of the molecule is CC1CN(c2cc(F)c(-c3nc(C(=O)NC4CCCCC4)cs3)cc2NC(=O)c2c[nH]c(=O)cc2C(F)(F)F)CC(C)N1C. The highest BCUT2D eigenvalue weighted by atomic mass is 32.1. The number of carbonyl (C=O) groups excluding carboxylic acids is 2. The highest BCUT2D eigenvalue weighted by molar-refractivity contribution is 7.13. The Hall–Kier alpha value is -3.78. The number of H-pyrrole nitrogens is 1. The summed E-state index contributed by atoms with van der Waals surface area (Å²) in [6, 6.07) is 3.07. The van der Waals surface area contributed by atoms with Crippen molar-refractivity contribution in [3.8, 4) is 10.6 Å². The number of rotatable bonds is 6. The summed E-state index contributed by atoms with van der Waals surface area (Å²) >= 11 is 1.05. The lowest BCUT2D eigenvalue weighted by Gasteiger charge is -2.44. The van der Waals surface area contributed by atoms with Crippen molar-refractivity contribution in [1.29, 1.82) is 0 Å². The number of thiazole rings is 1. The summed E-state index contributed by atoms with van der Waals surface area (Å²) in [6.07, 6.45) is 0.722. The molecule has 1 saturated carbocycles. The Balaban J connectivity index is 1.51. The molecule has 1 saturated heterocycles. The van der Waals surface area contributed by atoms with Gasteiger partial charge in [0.25, 0.3) is 11.8 Å². The fraction of sp³-hybridized carbons (Fsp3) is 0.467. The van der Waals surface area contributed by atoms with Crippen LogP contribution in [0.1, 0.15) is 72.4 Å². The van der Waals surface area contributed by atoms with Crippen LogP contribution in [0, 0.1) is 5.82 Å². The van der Waals surface area contributed by atoms with Crippen molar-refractivity contribution < 1.29 is 27.2 Å². The third-order valence-corrected chi connectivity index (χ3v) is 9.29. The van der Waals surface area contributed by atoms with Gasteiger partial charge in [0.1, 0.15) is 16.5 Å². The van der Waals surface area contributed by atoms with Crippen LogP contribution in [0.25, 0.3) is 10.6 Å². The molecule has 0 radical (unpaired) electrons. The van der Waals surface area contributed by atoms with Gasteiger partial charge in [0.15, 0.2) is 0 Å². The van der Waals surface area contributed by atoms with Crippen LogP contribution in [-0.4, -0.2) is 64.9 Å². The van der Waals surface area contributed by atoms with Gasteiger partial charge in [-0.25, -0.2) is 9.37 Å². The fourth-order valence-electron chi connectivity index (χ4n) is 5.78. The quantitative estimate of drug-likeness (QED) is 0.309. The lowest BCUT2D eigenvalue weighted by molar-refractivity contribution is -0.138. The molecule has 14 heteroatoms. The van der Waals surface area contributed by atoms with Gasteiger partial charge in [0.2, 0.25) is 5.56 Å². The van der Waals surface area contributed by atoms with Gasteiger partial charge in [-0.15, -0.1) is 11.3 Å². The van der Waals surface area contributed by atoms with E-state index in [1.54, 1.807) is 0 Å². The zero-order valence-electron chi connectivity index (χ0n) is 24.6. The van der Waals surface area contributed by atoms with Gasteiger partial charge in [0, 0.05) is 60.5 Å². The van der Waals surface area contributed by atoms with Crippen molar-refractivity contribution in [3.05, 3.63) is 62.8 Å². The van der Waals surface area contributed by atoms with E-state index >= 15 is 4.39 Å². The highest BCUT2D eigenvalue weighted by Crippen LogP contribution is 2.38. The largest absolute Gasteiger partial charge is 0.417 e. The number of pyridine rings is 1. The normalized spacial score (nSPS) is 20.0. The van der Waals surface area contributed by atoms with E-state index in [1.165, 1.54) is 17.5 Å². The number of nitrogens with zero attached hydrogens (tertiary/aromatic N) is 3. The zero-order valence-corrected chi connectivity index (χ0v) is 25.4. The number of carbonyl (C=O) groups is 2. The van der Waals surface area contributed by atoms with Crippen molar-refractivity contribution in [2.45, 2.75) is 70.3 Å². The average Bonchev–Trinajstić information content (AvgIpc) is 3.47. The summed E-state index contributed by atoms with van der Waals surface area (Å²) in [5, 5.41) is 7.22. The van der Waals surface area contributed by atoms with Crippen molar-refractivity contribution >= 4 is 34.5 Å². The number of aromatic amines is 1. The summed E-state index contributed by atoms with van der Waals surface area (Å²) in [7, 11) is 1.97. The lowest BCUT2D eigenvalue weighted by atomic mass is 9.95. The average molecular weight is 635 g/mol. The first kappa shape index (κ1) is 31.6. The molecule has 2 aromatic heterocycles. The standard InChI is InChI=1S/C30H34F4N6O3S/c1-16-13-40(14-17(2)39(16)3)25-11-22(31)19(29-38-24(15-44-29)28(43)36-18-7-5-4-6-8-18)9-23(25)37-27(42)20-12-35-26(41)10-21(20)30(32,33)34/h9-12,15-18H,4-8,13-14H2,1-3H3,(H,35,41)(H,36,43)(H,37,42). The number of aromatic nitrogens is 2. The van der Waals surface area contributed by atoms with Gasteiger partial charge in [-0.1, -0.05) is 19.3 Å². The van der Waals surface area contributed by atoms with E-state index in [1.807, 2.05) is 25.8 Å². The smallest absolute Gasteiger partial charge is 0.367 e. The Bertz CT molecular complexity index is 1590. The fourth-order valence-corrected chi connectivity index (χ4v) is 6.60. The number of likely N-dealkylation sites (N-methyl/N-ethyl adjacent to an activating group) is 1. The Kier molecular flexibility index (Phi) is 9.12. The molecule has 2 fully saturated rings. The molecule has 2 amide bonds. The molecule has 1 aromatic carbocycles.